The third kappa shape index (κ3) is 2.61. The van der Waals surface area contributed by atoms with Crippen LogP contribution in [0.4, 0.5) is 11.6 Å². The van der Waals surface area contributed by atoms with Crippen molar-refractivity contribution < 1.29 is 4.92 Å². The molecule has 0 aliphatic carbocycles. The highest BCUT2D eigenvalue weighted by Crippen LogP contribution is 2.31. The van der Waals surface area contributed by atoms with Crippen molar-refractivity contribution in [3.05, 3.63) is 22.1 Å². The molecule has 0 bridgehead atoms. The number of rotatable bonds is 4. The highest BCUT2D eigenvalue weighted by Gasteiger charge is 2.20. The van der Waals surface area contributed by atoms with Gasteiger partial charge in [-0.05, 0) is 18.7 Å². The summed E-state index contributed by atoms with van der Waals surface area (Å²) in [7, 11) is 1.76. The Bertz CT molecular complexity index is 627. The molecule has 2 aromatic rings. The molecule has 10 nitrogen and oxygen atoms in total. The van der Waals surface area contributed by atoms with E-state index >= 15 is 0 Å². The Morgan fingerprint density at radius 2 is 2.26 bits per heavy atom. The molecule has 0 spiro atoms. The maximum Gasteiger partial charge on any atom is 0.320 e. The maximum atomic E-state index is 10.9. The van der Waals surface area contributed by atoms with E-state index in [0.29, 0.717) is 11.0 Å². The van der Waals surface area contributed by atoms with Crippen LogP contribution in [0.2, 0.25) is 0 Å². The zero-order valence-corrected chi connectivity index (χ0v) is 10.9. The van der Waals surface area contributed by atoms with Gasteiger partial charge in [0.15, 0.2) is 10.2 Å². The quantitative estimate of drug-likeness (QED) is 0.350. The lowest BCUT2D eigenvalue weighted by Crippen LogP contribution is -2.11. The van der Waals surface area contributed by atoms with Crippen LogP contribution in [-0.2, 0) is 7.05 Å². The van der Waals surface area contributed by atoms with E-state index in [1.165, 1.54) is 0 Å². The summed E-state index contributed by atoms with van der Waals surface area (Å²) in [4.78, 5) is 18.0. The number of nitrogen functional groups attached to an aromatic ring is 1. The van der Waals surface area contributed by atoms with Gasteiger partial charge in [-0.15, -0.1) is 10.2 Å². The summed E-state index contributed by atoms with van der Waals surface area (Å²) in [5.41, 5.74) is 2.02. The minimum Gasteiger partial charge on any atom is -0.309 e. The number of nitrogens with two attached hydrogens (primary N) is 1. The molecule has 0 aliphatic rings. The molecule has 0 unspecified atom stereocenters. The molecule has 0 radical (unpaired) electrons. The highest BCUT2D eigenvalue weighted by molar-refractivity contribution is 7.99. The zero-order valence-electron chi connectivity index (χ0n) is 10.1. The van der Waals surface area contributed by atoms with Gasteiger partial charge in [0.1, 0.15) is 12.0 Å². The smallest absolute Gasteiger partial charge is 0.309 e. The summed E-state index contributed by atoms with van der Waals surface area (Å²) in [5, 5.41) is 19.3. The maximum absolute atomic E-state index is 10.9. The van der Waals surface area contributed by atoms with E-state index in [2.05, 4.69) is 25.6 Å². The van der Waals surface area contributed by atoms with Crippen molar-refractivity contribution in [3.8, 4) is 0 Å². The Labute approximate surface area is 111 Å². The molecule has 0 aromatic carbocycles. The van der Waals surface area contributed by atoms with Gasteiger partial charge in [-0.1, -0.05) is 0 Å². The predicted molar refractivity (Wildman–Crippen MR) is 66.4 cm³/mol. The molecule has 0 saturated carbocycles. The fourth-order valence-electron chi connectivity index (χ4n) is 1.19. The van der Waals surface area contributed by atoms with E-state index in [9.17, 15) is 10.1 Å². The van der Waals surface area contributed by atoms with E-state index in [-0.39, 0.29) is 16.7 Å². The van der Waals surface area contributed by atoms with Gasteiger partial charge in [-0.2, -0.15) is 4.98 Å². The molecule has 0 saturated heterocycles. The molecule has 11 heteroatoms. The van der Waals surface area contributed by atoms with Crippen molar-refractivity contribution in [2.45, 2.75) is 17.1 Å². The summed E-state index contributed by atoms with van der Waals surface area (Å²) >= 11 is 1.02. The molecule has 0 atom stereocenters. The second kappa shape index (κ2) is 5.16. The van der Waals surface area contributed by atoms with E-state index in [0.717, 1.165) is 18.0 Å². The summed E-state index contributed by atoms with van der Waals surface area (Å²) < 4.78 is 1.70. The number of nitrogens with one attached hydrogen (secondary N) is 1. The lowest BCUT2D eigenvalue weighted by molar-refractivity contribution is -0.388. The Balaban J connectivity index is 2.42. The van der Waals surface area contributed by atoms with Crippen LogP contribution in [-0.4, -0.2) is 29.7 Å². The Morgan fingerprint density at radius 3 is 2.79 bits per heavy atom. The first kappa shape index (κ1) is 13.2. The molecule has 2 aromatic heterocycles. The van der Waals surface area contributed by atoms with Crippen LogP contribution in [0.15, 0.2) is 16.4 Å². The topological polar surface area (TPSA) is 138 Å². The fourth-order valence-corrected chi connectivity index (χ4v) is 2.08. The molecule has 19 heavy (non-hydrogen) atoms. The molecule has 100 valence electrons. The van der Waals surface area contributed by atoms with Crippen LogP contribution in [0.25, 0.3) is 0 Å². The van der Waals surface area contributed by atoms with Crippen molar-refractivity contribution in [1.29, 1.82) is 0 Å². The van der Waals surface area contributed by atoms with E-state index in [1.807, 2.05) is 0 Å². The highest BCUT2D eigenvalue weighted by atomic mass is 32.2. The molecule has 2 rings (SSSR count). The van der Waals surface area contributed by atoms with Crippen molar-refractivity contribution >= 4 is 23.4 Å². The Morgan fingerprint density at radius 1 is 1.53 bits per heavy atom. The first-order valence-electron chi connectivity index (χ1n) is 5.05. The number of aromatic nitrogens is 5. The number of hydrogen-bond donors (Lipinski definition) is 2. The van der Waals surface area contributed by atoms with Gasteiger partial charge in [-0.25, -0.2) is 10.8 Å². The summed E-state index contributed by atoms with van der Waals surface area (Å²) in [6, 6.07) is 0. The summed E-state index contributed by atoms with van der Waals surface area (Å²) in [6.45, 7) is 1.78. The third-order valence-corrected chi connectivity index (χ3v) is 3.33. The van der Waals surface area contributed by atoms with Gasteiger partial charge in [0, 0.05) is 7.05 Å². The SMILES string of the molecule is Cc1nnc(Sc2nc(NN)ncc2[N+](=O)[O-])n1C. The van der Waals surface area contributed by atoms with Crippen molar-refractivity contribution in [2.24, 2.45) is 12.9 Å². The lowest BCUT2D eigenvalue weighted by Gasteiger charge is -2.03. The number of nitrogens with zero attached hydrogens (tertiary/aromatic N) is 6. The van der Waals surface area contributed by atoms with Gasteiger partial charge >= 0.3 is 5.69 Å². The van der Waals surface area contributed by atoms with Crippen LogP contribution in [0, 0.1) is 17.0 Å². The molecular formula is C8H10N8O2S. The zero-order chi connectivity index (χ0) is 14.0. The Kier molecular flexibility index (Phi) is 3.57. The standard InChI is InChI=1S/C8H10N8O2S/c1-4-13-14-8(15(4)2)19-6-5(16(17)18)3-10-7(11-6)12-9/h3H,9H2,1-2H3,(H,10,11,12). The van der Waals surface area contributed by atoms with Crippen molar-refractivity contribution in [1.82, 2.24) is 24.7 Å². The van der Waals surface area contributed by atoms with E-state index in [4.69, 9.17) is 5.84 Å². The third-order valence-electron chi connectivity index (χ3n) is 2.30. The fraction of sp³-hybridized carbons (Fsp3) is 0.250. The molecule has 0 aliphatic heterocycles. The number of aryl methyl sites for hydroxylation is 1. The van der Waals surface area contributed by atoms with E-state index in [1.54, 1.807) is 18.5 Å². The largest absolute Gasteiger partial charge is 0.320 e. The number of hydrogen-bond acceptors (Lipinski definition) is 9. The van der Waals surface area contributed by atoms with Crippen LogP contribution in [0.3, 0.4) is 0 Å². The molecule has 0 amide bonds. The van der Waals surface area contributed by atoms with Gasteiger partial charge in [0.25, 0.3) is 0 Å². The van der Waals surface area contributed by atoms with Crippen LogP contribution in [0.1, 0.15) is 5.82 Å². The molecule has 0 fully saturated rings. The van der Waals surface area contributed by atoms with E-state index < -0.39 is 4.92 Å². The second-order valence-electron chi connectivity index (χ2n) is 3.48. The number of nitro groups is 1. The Hall–Kier alpha value is -2.27. The van der Waals surface area contributed by atoms with Crippen LogP contribution >= 0.6 is 11.8 Å². The second-order valence-corrected chi connectivity index (χ2v) is 4.43. The summed E-state index contributed by atoms with van der Waals surface area (Å²) in [6.07, 6.45) is 1.09. The summed E-state index contributed by atoms with van der Waals surface area (Å²) in [5.74, 6) is 5.97. The van der Waals surface area contributed by atoms with Gasteiger partial charge in [0.05, 0.1) is 4.92 Å². The first-order valence-corrected chi connectivity index (χ1v) is 5.86. The van der Waals surface area contributed by atoms with Gasteiger partial charge in [-0.3, -0.25) is 15.5 Å². The van der Waals surface area contributed by atoms with Crippen LogP contribution < -0.4 is 11.3 Å². The van der Waals surface area contributed by atoms with Gasteiger partial charge in [0.2, 0.25) is 5.95 Å². The van der Waals surface area contributed by atoms with Crippen molar-refractivity contribution in [2.75, 3.05) is 5.43 Å². The molecule has 2 heterocycles. The first-order chi connectivity index (χ1) is 9.02. The average molecular weight is 282 g/mol. The number of anilines is 1. The minimum atomic E-state index is -0.564. The normalized spacial score (nSPS) is 10.5. The lowest BCUT2D eigenvalue weighted by atomic mass is 10.5. The van der Waals surface area contributed by atoms with Crippen molar-refractivity contribution in [3.63, 3.8) is 0 Å². The minimum absolute atomic E-state index is 0.0898. The number of hydrazine groups is 1. The molecular weight excluding hydrogens is 272 g/mol. The monoisotopic (exact) mass is 282 g/mol. The van der Waals surface area contributed by atoms with Crippen LogP contribution in [0.5, 0.6) is 0 Å². The molecule has 3 N–H and O–H groups in total. The predicted octanol–water partition coefficient (Wildman–Crippen LogP) is 0.259. The average Bonchev–Trinajstić information content (AvgIpc) is 2.70. The van der Waals surface area contributed by atoms with Gasteiger partial charge < -0.3 is 4.57 Å².